The largest absolute Gasteiger partial charge is 0.417 e. The van der Waals surface area contributed by atoms with Crippen LogP contribution in [0.25, 0.3) is 0 Å². The van der Waals surface area contributed by atoms with Crippen molar-refractivity contribution in [2.24, 2.45) is 5.41 Å². The number of hydrogen-bond donors (Lipinski definition) is 4. The summed E-state index contributed by atoms with van der Waals surface area (Å²) in [5.74, 6) is 0. The predicted octanol–water partition coefficient (Wildman–Crippen LogP) is 5.41. The summed E-state index contributed by atoms with van der Waals surface area (Å²) < 4.78 is 38.7. The van der Waals surface area contributed by atoms with Gasteiger partial charge >= 0.3 is 12.2 Å². The first-order chi connectivity index (χ1) is 12.1. The molecule has 1 aromatic carbocycles. The molecule has 0 aromatic heterocycles. The van der Waals surface area contributed by atoms with Crippen LogP contribution in [-0.4, -0.2) is 22.6 Å². The molecule has 144 valence electrons. The van der Waals surface area contributed by atoms with Gasteiger partial charge in [0.15, 0.2) is 0 Å². The number of rotatable bonds is 2. The molecule has 0 aliphatic heterocycles. The van der Waals surface area contributed by atoms with E-state index in [1.54, 1.807) is 0 Å². The van der Waals surface area contributed by atoms with Crippen LogP contribution in [-0.2, 0) is 6.18 Å². The molecule has 0 heterocycles. The summed E-state index contributed by atoms with van der Waals surface area (Å²) in [5.41, 5.74) is -0.790. The SMILES string of the molecule is O=C(Nc1ccc(Cl)c(C(F)(F)F)c1)NC1CC(S)C2(CCC2)C(S)C1. The van der Waals surface area contributed by atoms with E-state index in [2.05, 4.69) is 10.6 Å². The molecule has 2 amide bonds. The maximum absolute atomic E-state index is 12.9. The summed E-state index contributed by atoms with van der Waals surface area (Å²) in [7, 11) is 0. The standard InChI is InChI=1S/C17H20ClF3N2OS2/c18-12-3-2-9(6-11(12)17(19,20)21)22-15(24)23-10-7-13(25)16(4-1-5-16)14(26)8-10/h2-3,6,10,13-14,25-26H,1,4-5,7-8H2,(H2,22,23,24). The van der Waals surface area contributed by atoms with E-state index in [0.29, 0.717) is 0 Å². The zero-order valence-electron chi connectivity index (χ0n) is 13.8. The first-order valence-corrected chi connectivity index (χ1v) is 9.83. The van der Waals surface area contributed by atoms with Crippen LogP contribution >= 0.6 is 36.9 Å². The van der Waals surface area contributed by atoms with E-state index in [1.807, 2.05) is 0 Å². The Morgan fingerprint density at radius 1 is 1.19 bits per heavy atom. The monoisotopic (exact) mass is 424 g/mol. The third-order valence-electron chi connectivity index (χ3n) is 5.49. The normalized spacial score (nSPS) is 27.7. The summed E-state index contributed by atoms with van der Waals surface area (Å²) in [6, 6.07) is 2.63. The number of thiol groups is 2. The minimum atomic E-state index is -4.58. The molecule has 2 N–H and O–H groups in total. The highest BCUT2D eigenvalue weighted by molar-refractivity contribution is 7.82. The van der Waals surface area contributed by atoms with Gasteiger partial charge in [0.2, 0.25) is 0 Å². The van der Waals surface area contributed by atoms with Gasteiger partial charge in [-0.3, -0.25) is 0 Å². The highest BCUT2D eigenvalue weighted by Gasteiger charge is 2.51. The molecule has 2 unspecified atom stereocenters. The number of urea groups is 1. The van der Waals surface area contributed by atoms with Gasteiger partial charge in [-0.25, -0.2) is 4.79 Å². The van der Waals surface area contributed by atoms with Crippen LogP contribution in [0.3, 0.4) is 0 Å². The lowest BCUT2D eigenvalue weighted by Crippen LogP contribution is -2.55. The molecule has 2 aliphatic carbocycles. The van der Waals surface area contributed by atoms with Crippen LogP contribution in [0.5, 0.6) is 0 Å². The highest BCUT2D eigenvalue weighted by atomic mass is 35.5. The molecular formula is C17H20ClF3N2OS2. The molecule has 0 radical (unpaired) electrons. The van der Waals surface area contributed by atoms with Crippen LogP contribution < -0.4 is 10.6 Å². The van der Waals surface area contributed by atoms with Crippen LogP contribution in [0.2, 0.25) is 5.02 Å². The second-order valence-electron chi connectivity index (χ2n) is 7.08. The van der Waals surface area contributed by atoms with Crippen LogP contribution in [0.4, 0.5) is 23.7 Å². The number of halogens is 4. The molecular weight excluding hydrogens is 405 g/mol. The number of carbonyl (C=O) groups is 1. The average molecular weight is 425 g/mol. The smallest absolute Gasteiger partial charge is 0.335 e. The minimum absolute atomic E-state index is 0.0374. The van der Waals surface area contributed by atoms with E-state index in [9.17, 15) is 18.0 Å². The molecule has 3 rings (SSSR count). The van der Waals surface area contributed by atoms with Crippen molar-refractivity contribution in [1.29, 1.82) is 0 Å². The Morgan fingerprint density at radius 3 is 2.31 bits per heavy atom. The van der Waals surface area contributed by atoms with Gasteiger partial charge in [-0.05, 0) is 49.3 Å². The number of carbonyl (C=O) groups excluding carboxylic acids is 1. The molecule has 2 atom stereocenters. The van der Waals surface area contributed by atoms with E-state index in [4.69, 9.17) is 36.9 Å². The van der Waals surface area contributed by atoms with Crippen molar-refractivity contribution in [3.05, 3.63) is 28.8 Å². The summed E-state index contributed by atoms with van der Waals surface area (Å²) in [5, 5.41) is 5.18. The molecule has 0 saturated heterocycles. The van der Waals surface area contributed by atoms with Crippen molar-refractivity contribution in [3.63, 3.8) is 0 Å². The Morgan fingerprint density at radius 2 is 1.81 bits per heavy atom. The lowest BCUT2D eigenvalue weighted by Gasteiger charge is -2.54. The Labute approximate surface area is 166 Å². The molecule has 2 saturated carbocycles. The molecule has 3 nitrogen and oxygen atoms in total. The van der Waals surface area contributed by atoms with Crippen LogP contribution in [0.15, 0.2) is 18.2 Å². The number of benzene rings is 1. The van der Waals surface area contributed by atoms with Gasteiger partial charge in [0.05, 0.1) is 10.6 Å². The predicted molar refractivity (Wildman–Crippen MR) is 103 cm³/mol. The molecule has 1 aromatic rings. The van der Waals surface area contributed by atoms with Gasteiger partial charge in [-0.2, -0.15) is 38.4 Å². The zero-order valence-corrected chi connectivity index (χ0v) is 16.4. The lowest BCUT2D eigenvalue weighted by molar-refractivity contribution is -0.137. The first-order valence-electron chi connectivity index (χ1n) is 8.42. The molecule has 26 heavy (non-hydrogen) atoms. The number of amides is 2. The molecule has 0 bridgehead atoms. The van der Waals surface area contributed by atoms with Crippen LogP contribution in [0, 0.1) is 5.41 Å². The second kappa shape index (κ2) is 7.36. The number of nitrogens with one attached hydrogen (secondary N) is 2. The maximum atomic E-state index is 12.9. The molecule has 9 heteroatoms. The van der Waals surface area contributed by atoms with Crippen molar-refractivity contribution >= 4 is 48.6 Å². The summed E-state index contributed by atoms with van der Waals surface area (Å²) >= 11 is 15.0. The minimum Gasteiger partial charge on any atom is -0.335 e. The van der Waals surface area contributed by atoms with E-state index in [0.717, 1.165) is 37.8 Å². The van der Waals surface area contributed by atoms with E-state index >= 15 is 0 Å². The van der Waals surface area contributed by atoms with Crippen molar-refractivity contribution in [2.75, 3.05) is 5.32 Å². The number of alkyl halides is 3. The third kappa shape index (κ3) is 3.92. The Kier molecular flexibility index (Phi) is 5.66. The first kappa shape index (κ1) is 20.0. The average Bonchev–Trinajstić information content (AvgIpc) is 2.46. The highest BCUT2D eigenvalue weighted by Crippen LogP contribution is 2.55. The van der Waals surface area contributed by atoms with E-state index in [-0.39, 0.29) is 27.6 Å². The molecule has 2 aliphatic rings. The van der Waals surface area contributed by atoms with Crippen molar-refractivity contribution in [2.45, 2.75) is 54.8 Å². The van der Waals surface area contributed by atoms with Gasteiger partial charge in [0.25, 0.3) is 0 Å². The fourth-order valence-electron chi connectivity index (χ4n) is 3.87. The van der Waals surface area contributed by atoms with Crippen molar-refractivity contribution in [3.8, 4) is 0 Å². The molecule has 1 spiro atoms. The number of anilines is 1. The third-order valence-corrected chi connectivity index (χ3v) is 7.27. The van der Waals surface area contributed by atoms with Gasteiger partial charge < -0.3 is 10.6 Å². The Balaban J connectivity index is 1.61. The summed E-state index contributed by atoms with van der Waals surface area (Å²) in [4.78, 5) is 12.2. The van der Waals surface area contributed by atoms with Gasteiger partial charge in [-0.15, -0.1) is 0 Å². The fourth-order valence-corrected chi connectivity index (χ4v) is 5.60. The quantitative estimate of drug-likeness (QED) is 0.471. The van der Waals surface area contributed by atoms with Crippen molar-refractivity contribution in [1.82, 2.24) is 5.32 Å². The van der Waals surface area contributed by atoms with Gasteiger partial charge in [-0.1, -0.05) is 18.0 Å². The second-order valence-corrected chi connectivity index (χ2v) is 8.73. The maximum Gasteiger partial charge on any atom is 0.417 e. The Bertz CT molecular complexity index is 683. The van der Waals surface area contributed by atoms with E-state index in [1.165, 1.54) is 12.5 Å². The number of hydrogen-bond acceptors (Lipinski definition) is 3. The van der Waals surface area contributed by atoms with Gasteiger partial charge in [0.1, 0.15) is 0 Å². The topological polar surface area (TPSA) is 41.1 Å². The zero-order chi connectivity index (χ0) is 19.1. The van der Waals surface area contributed by atoms with Gasteiger partial charge in [0, 0.05) is 22.2 Å². The summed E-state index contributed by atoms with van der Waals surface area (Å²) in [6.07, 6.45) is 0.275. The molecule has 2 fully saturated rings. The van der Waals surface area contributed by atoms with E-state index < -0.39 is 22.8 Å². The van der Waals surface area contributed by atoms with Crippen molar-refractivity contribution < 1.29 is 18.0 Å². The lowest BCUT2D eigenvalue weighted by atomic mass is 9.59. The Hall–Kier alpha value is -0.730. The fraction of sp³-hybridized carbons (Fsp3) is 0.588. The van der Waals surface area contributed by atoms with Crippen LogP contribution in [0.1, 0.15) is 37.7 Å². The summed E-state index contributed by atoms with van der Waals surface area (Å²) in [6.45, 7) is 0.